The number of nitrogens with zero attached hydrogens (tertiary/aromatic N) is 7. The SMILES string of the molecule is CCn1c(-c2cc(N3CCN(C4CC4)CC3)cnc2[C@H](C)OC)c2c3cc(ccc31)-c1csc(n1)CC(NC(=O)[C@@H]1CCC1C#N)C(=O)N1CCC[C@H](N1)C(=O)OCC(C)(C)C2. The van der Waals surface area contributed by atoms with Gasteiger partial charge in [0.25, 0.3) is 5.91 Å². The van der Waals surface area contributed by atoms with Crippen molar-refractivity contribution in [3.05, 3.63) is 52.1 Å². The summed E-state index contributed by atoms with van der Waals surface area (Å²) in [5, 5.41) is 17.8. The van der Waals surface area contributed by atoms with Crippen molar-refractivity contribution in [3.63, 3.8) is 0 Å². The Kier molecular flexibility index (Phi) is 11.9. The molecule has 9 rings (SSSR count). The van der Waals surface area contributed by atoms with E-state index in [4.69, 9.17) is 19.4 Å². The summed E-state index contributed by atoms with van der Waals surface area (Å²) in [6.45, 7) is 13.8. The monoisotopic (exact) mass is 861 g/mol. The Bertz CT molecular complexity index is 2390. The van der Waals surface area contributed by atoms with Crippen molar-refractivity contribution in [1.29, 1.82) is 5.26 Å². The Hall–Kier alpha value is -4.88. The largest absolute Gasteiger partial charge is 0.464 e. The number of fused-ring (bicyclic) bond motifs is 6. The van der Waals surface area contributed by atoms with Gasteiger partial charge >= 0.3 is 5.97 Å². The second-order valence-electron chi connectivity index (χ2n) is 18.6. The zero-order valence-electron chi connectivity index (χ0n) is 36.6. The number of hydrogen-bond donors (Lipinski definition) is 2. The quantitative estimate of drug-likeness (QED) is 0.199. The second kappa shape index (κ2) is 17.4. The van der Waals surface area contributed by atoms with E-state index >= 15 is 0 Å². The van der Waals surface area contributed by atoms with Crippen LogP contribution in [-0.4, -0.2) is 107 Å². The van der Waals surface area contributed by atoms with Crippen LogP contribution < -0.4 is 15.6 Å². The van der Waals surface area contributed by atoms with Gasteiger partial charge in [-0.3, -0.25) is 29.3 Å². The number of aryl methyl sites for hydroxylation is 1. The van der Waals surface area contributed by atoms with Crippen LogP contribution in [-0.2, 0) is 43.2 Å². The highest BCUT2D eigenvalue weighted by molar-refractivity contribution is 7.10. The van der Waals surface area contributed by atoms with Crippen LogP contribution in [0, 0.1) is 28.6 Å². The molecule has 328 valence electrons. The number of nitriles is 1. The van der Waals surface area contributed by atoms with Gasteiger partial charge in [0.2, 0.25) is 5.91 Å². The lowest BCUT2D eigenvalue weighted by molar-refractivity contribution is -0.155. The molecular weight excluding hydrogens is 803 g/mol. The fraction of sp³-hybridized carbons (Fsp3) is 0.574. The molecule has 1 aromatic carbocycles. The number of aromatic nitrogens is 3. The molecule has 0 spiro atoms. The molecule has 2 amide bonds. The van der Waals surface area contributed by atoms with E-state index in [-0.39, 0.29) is 36.9 Å². The van der Waals surface area contributed by atoms with Crippen LogP contribution >= 0.6 is 11.3 Å². The van der Waals surface area contributed by atoms with E-state index in [2.05, 4.69) is 83.1 Å². The van der Waals surface area contributed by atoms with E-state index in [1.54, 1.807) is 7.11 Å². The number of anilines is 1. The molecule has 2 unspecified atom stereocenters. The number of esters is 1. The number of carbonyl (C=O) groups is 3. The van der Waals surface area contributed by atoms with Crippen molar-refractivity contribution >= 4 is 45.7 Å². The summed E-state index contributed by atoms with van der Waals surface area (Å²) in [4.78, 5) is 56.9. The lowest BCUT2D eigenvalue weighted by atomic mass is 9.74. The molecule has 5 atom stereocenters. The molecule has 4 aromatic rings. The fourth-order valence-electron chi connectivity index (χ4n) is 9.81. The number of pyridine rings is 1. The highest BCUT2D eigenvalue weighted by Gasteiger charge is 2.41. The van der Waals surface area contributed by atoms with Crippen LogP contribution in [0.2, 0.25) is 0 Å². The van der Waals surface area contributed by atoms with Gasteiger partial charge in [-0.05, 0) is 82.6 Å². The predicted molar refractivity (Wildman–Crippen MR) is 238 cm³/mol. The van der Waals surface area contributed by atoms with E-state index in [1.807, 2.05) is 11.6 Å². The molecule has 0 radical (unpaired) electrons. The maximum atomic E-state index is 14.2. The Balaban J connectivity index is 1.14. The minimum Gasteiger partial charge on any atom is -0.464 e. The first-order valence-corrected chi connectivity index (χ1v) is 23.4. The van der Waals surface area contributed by atoms with Crippen LogP contribution in [0.4, 0.5) is 5.69 Å². The van der Waals surface area contributed by atoms with Gasteiger partial charge in [0.05, 0.1) is 64.6 Å². The number of ether oxygens (including phenoxy) is 2. The molecule has 6 heterocycles. The molecule has 4 fully saturated rings. The average molecular weight is 862 g/mol. The summed E-state index contributed by atoms with van der Waals surface area (Å²) in [5.41, 5.74) is 10.7. The number of carbonyl (C=O) groups excluding carboxylic acids is 3. The molecule has 2 N–H and O–H groups in total. The molecule has 3 aromatic heterocycles. The molecule has 3 aliphatic heterocycles. The van der Waals surface area contributed by atoms with E-state index in [0.717, 1.165) is 82.6 Å². The van der Waals surface area contributed by atoms with Crippen molar-refractivity contribution in [2.75, 3.05) is 51.3 Å². The second-order valence-corrected chi connectivity index (χ2v) is 19.6. The summed E-state index contributed by atoms with van der Waals surface area (Å²) in [6.07, 6.45) is 7.52. The fourth-order valence-corrected chi connectivity index (χ4v) is 10.7. The highest BCUT2D eigenvalue weighted by atomic mass is 32.1. The first-order valence-electron chi connectivity index (χ1n) is 22.5. The van der Waals surface area contributed by atoms with Gasteiger partial charge in [-0.25, -0.2) is 10.4 Å². The Morgan fingerprint density at radius 2 is 1.92 bits per heavy atom. The van der Waals surface area contributed by atoms with Gasteiger partial charge in [-0.1, -0.05) is 19.9 Å². The third-order valence-corrected chi connectivity index (χ3v) is 14.6. The molecule has 15 heteroatoms. The number of nitrogens with one attached hydrogen (secondary N) is 2. The normalized spacial score (nSPS) is 25.1. The molecular formula is C47H59N9O5S. The number of amides is 2. The number of hydrazine groups is 1. The van der Waals surface area contributed by atoms with Crippen LogP contribution in [0.25, 0.3) is 33.4 Å². The predicted octanol–water partition coefficient (Wildman–Crippen LogP) is 6.04. The van der Waals surface area contributed by atoms with Crippen LogP contribution in [0.1, 0.15) is 88.6 Å². The number of hydrogen-bond acceptors (Lipinski definition) is 12. The van der Waals surface area contributed by atoms with Crippen molar-refractivity contribution in [2.45, 2.75) is 110 Å². The molecule has 2 aliphatic carbocycles. The number of methoxy groups -OCH3 is 1. The van der Waals surface area contributed by atoms with E-state index in [0.29, 0.717) is 50.2 Å². The molecule has 2 saturated carbocycles. The van der Waals surface area contributed by atoms with Crippen LogP contribution in [0.15, 0.2) is 35.8 Å². The number of rotatable bonds is 8. The summed E-state index contributed by atoms with van der Waals surface area (Å²) in [5.74, 6) is -1.88. The molecule has 5 aliphatic rings. The van der Waals surface area contributed by atoms with Gasteiger partial charge in [0.1, 0.15) is 12.1 Å². The lowest BCUT2D eigenvalue weighted by Gasteiger charge is -2.36. The smallest absolute Gasteiger partial charge is 0.324 e. The van der Waals surface area contributed by atoms with E-state index < -0.39 is 29.4 Å². The van der Waals surface area contributed by atoms with E-state index in [9.17, 15) is 19.6 Å². The number of benzene rings is 1. The topological polar surface area (TPSA) is 158 Å². The Labute approximate surface area is 367 Å². The Morgan fingerprint density at radius 3 is 2.63 bits per heavy atom. The first-order chi connectivity index (χ1) is 29.9. The number of piperazine rings is 1. The van der Waals surface area contributed by atoms with Gasteiger partial charge < -0.3 is 24.3 Å². The van der Waals surface area contributed by atoms with Gasteiger partial charge in [0.15, 0.2) is 0 Å². The third kappa shape index (κ3) is 8.34. The maximum absolute atomic E-state index is 14.2. The standard InChI is InChI=1S/C47H59N9O5S/c1-6-55-40-14-10-29-20-34(40)36(43(55)35-21-32(25-49-42(35)28(2)60-5)54-18-16-53(17-19-54)31-11-12-31)23-47(3,4)27-61-46(59)37-8-7-15-56(52-37)45(58)38(22-41-50-39(29)26-62-41)51-44(57)33-13-9-30(33)24-48/h10,14,20-21,25-26,28,30-31,33,37-38,52H,6-9,11-13,15-19,22-23,27H2,1-5H3,(H,51,57)/t28-,30?,33+,37-,38?/m0/s1. The number of thiazole rings is 1. The summed E-state index contributed by atoms with van der Waals surface area (Å²) in [6, 6.07) is 10.1. The van der Waals surface area contributed by atoms with Crippen molar-refractivity contribution in [2.24, 2.45) is 17.3 Å². The summed E-state index contributed by atoms with van der Waals surface area (Å²) < 4.78 is 14.5. The van der Waals surface area contributed by atoms with Crippen molar-refractivity contribution < 1.29 is 23.9 Å². The van der Waals surface area contributed by atoms with Crippen molar-refractivity contribution in [1.82, 2.24) is 35.2 Å². The zero-order chi connectivity index (χ0) is 43.3. The minimum atomic E-state index is -0.938. The average Bonchev–Trinajstić information content (AvgIpc) is 3.95. The maximum Gasteiger partial charge on any atom is 0.324 e. The third-order valence-electron chi connectivity index (χ3n) is 13.7. The van der Waals surface area contributed by atoms with Crippen LogP contribution in [0.5, 0.6) is 0 Å². The van der Waals surface area contributed by atoms with Crippen LogP contribution in [0.3, 0.4) is 0 Å². The minimum absolute atomic E-state index is 0.163. The zero-order valence-corrected chi connectivity index (χ0v) is 37.4. The molecule has 2 saturated heterocycles. The number of cyclic esters (lactones) is 1. The van der Waals surface area contributed by atoms with Gasteiger partial charge in [-0.15, -0.1) is 11.3 Å². The first kappa shape index (κ1) is 42.4. The van der Waals surface area contributed by atoms with Gasteiger partial charge in [0, 0.05) is 91.7 Å². The highest BCUT2D eigenvalue weighted by Crippen LogP contribution is 2.43. The Morgan fingerprint density at radius 1 is 1.11 bits per heavy atom. The van der Waals surface area contributed by atoms with Gasteiger partial charge in [-0.2, -0.15) is 5.26 Å². The molecule has 14 nitrogen and oxygen atoms in total. The summed E-state index contributed by atoms with van der Waals surface area (Å²) >= 11 is 1.45. The lowest BCUT2D eigenvalue weighted by Crippen LogP contribution is -2.61. The van der Waals surface area contributed by atoms with Crippen molar-refractivity contribution in [3.8, 4) is 28.6 Å². The molecule has 62 heavy (non-hydrogen) atoms. The van der Waals surface area contributed by atoms with E-state index in [1.165, 1.54) is 29.2 Å². The summed E-state index contributed by atoms with van der Waals surface area (Å²) in [7, 11) is 1.73. The molecule has 6 bridgehead atoms.